The molecule has 3 nitrogen and oxygen atoms in total. The average Bonchev–Trinajstić information content (AvgIpc) is 2.32. The molecule has 0 spiro atoms. The number of likely N-dealkylation sites (N-methyl/N-ethyl adjacent to an activating group) is 1. The molecule has 0 aromatic rings. The second kappa shape index (κ2) is 7.54. The van der Waals surface area contributed by atoms with Crippen LogP contribution in [0.4, 0.5) is 0 Å². The van der Waals surface area contributed by atoms with Crippen LogP contribution in [0, 0.1) is 5.92 Å². The van der Waals surface area contributed by atoms with E-state index in [-0.39, 0.29) is 0 Å². The van der Waals surface area contributed by atoms with Gasteiger partial charge in [-0.1, -0.05) is 26.7 Å². The highest BCUT2D eigenvalue weighted by Crippen LogP contribution is 2.23. The molecular weight excluding hydrogens is 218 g/mol. The molecule has 1 fully saturated rings. The monoisotopic (exact) mass is 245 g/mol. The summed E-state index contributed by atoms with van der Waals surface area (Å²) in [4.78, 5) is 2.46. The van der Waals surface area contributed by atoms with E-state index in [4.69, 9.17) is 5.84 Å². The van der Waals surface area contributed by atoms with E-state index in [1.165, 1.54) is 37.3 Å². The first-order valence-corrected chi connectivity index (χ1v) is 7.62. The molecule has 1 aliphatic heterocycles. The second-order valence-corrected chi connectivity index (χ2v) is 5.96. The SMILES string of the molecule is CCC(CC)CC(NN)C1CSCCN1C. The Morgan fingerprint density at radius 1 is 1.44 bits per heavy atom. The molecule has 0 amide bonds. The van der Waals surface area contributed by atoms with Gasteiger partial charge in [-0.05, 0) is 19.4 Å². The van der Waals surface area contributed by atoms with Gasteiger partial charge in [-0.3, -0.25) is 11.3 Å². The fourth-order valence-corrected chi connectivity index (χ4v) is 3.76. The van der Waals surface area contributed by atoms with Gasteiger partial charge in [0.05, 0.1) is 0 Å². The van der Waals surface area contributed by atoms with Crippen LogP contribution in [0.2, 0.25) is 0 Å². The molecule has 3 N–H and O–H groups in total. The summed E-state index contributed by atoms with van der Waals surface area (Å²) in [5.74, 6) is 9.02. The maximum atomic E-state index is 5.74. The Labute approximate surface area is 104 Å². The van der Waals surface area contributed by atoms with Gasteiger partial charge in [0.15, 0.2) is 0 Å². The van der Waals surface area contributed by atoms with E-state index in [0.717, 1.165) is 5.92 Å². The van der Waals surface area contributed by atoms with Gasteiger partial charge in [0.1, 0.15) is 0 Å². The molecular formula is C12H27N3S. The molecule has 1 heterocycles. The van der Waals surface area contributed by atoms with E-state index < -0.39 is 0 Å². The Kier molecular flexibility index (Phi) is 6.73. The van der Waals surface area contributed by atoms with Crippen LogP contribution in [0.25, 0.3) is 0 Å². The number of thioether (sulfide) groups is 1. The predicted molar refractivity (Wildman–Crippen MR) is 73.5 cm³/mol. The standard InChI is InChI=1S/C12H27N3S/c1-4-10(5-2)8-11(14-13)12-9-16-7-6-15(12)3/h10-12,14H,4-9,13H2,1-3H3. The Morgan fingerprint density at radius 2 is 2.12 bits per heavy atom. The smallest absolute Gasteiger partial charge is 0.0376 e. The van der Waals surface area contributed by atoms with E-state index in [1.54, 1.807) is 0 Å². The van der Waals surface area contributed by atoms with Gasteiger partial charge in [0, 0.05) is 30.1 Å². The van der Waals surface area contributed by atoms with Gasteiger partial charge < -0.3 is 4.90 Å². The van der Waals surface area contributed by atoms with E-state index in [9.17, 15) is 0 Å². The summed E-state index contributed by atoms with van der Waals surface area (Å²) in [5, 5.41) is 0. The zero-order chi connectivity index (χ0) is 12.0. The van der Waals surface area contributed by atoms with Crippen LogP contribution in [0.5, 0.6) is 0 Å². The summed E-state index contributed by atoms with van der Waals surface area (Å²) >= 11 is 2.06. The third-order valence-corrected chi connectivity index (χ3v) is 4.91. The first-order valence-electron chi connectivity index (χ1n) is 6.47. The lowest BCUT2D eigenvalue weighted by Crippen LogP contribution is -2.55. The van der Waals surface area contributed by atoms with Gasteiger partial charge in [0.25, 0.3) is 0 Å². The molecule has 1 rings (SSSR count). The Hall–Kier alpha value is 0.230. The molecule has 0 radical (unpaired) electrons. The summed E-state index contributed by atoms with van der Waals surface area (Å²) < 4.78 is 0. The molecule has 0 bridgehead atoms. The molecule has 4 heteroatoms. The van der Waals surface area contributed by atoms with Crippen LogP contribution in [-0.2, 0) is 0 Å². The highest BCUT2D eigenvalue weighted by molar-refractivity contribution is 7.99. The molecule has 0 aromatic carbocycles. The summed E-state index contributed by atoms with van der Waals surface area (Å²) in [6, 6.07) is 1.05. The van der Waals surface area contributed by atoms with Crippen LogP contribution in [-0.4, -0.2) is 42.1 Å². The van der Waals surface area contributed by atoms with Crippen molar-refractivity contribution >= 4 is 11.8 Å². The minimum absolute atomic E-state index is 0.447. The third kappa shape index (κ3) is 3.91. The van der Waals surface area contributed by atoms with Gasteiger partial charge in [0.2, 0.25) is 0 Å². The molecule has 2 atom stereocenters. The summed E-state index contributed by atoms with van der Waals surface area (Å²) in [5.41, 5.74) is 3.05. The van der Waals surface area contributed by atoms with Crippen molar-refractivity contribution in [2.24, 2.45) is 11.8 Å². The lowest BCUT2D eigenvalue weighted by molar-refractivity contribution is 0.192. The number of hydrogen-bond acceptors (Lipinski definition) is 4. The fourth-order valence-electron chi connectivity index (χ4n) is 2.45. The molecule has 2 unspecified atom stereocenters. The van der Waals surface area contributed by atoms with Crippen LogP contribution < -0.4 is 11.3 Å². The van der Waals surface area contributed by atoms with Gasteiger partial charge in [-0.15, -0.1) is 0 Å². The Balaban J connectivity index is 2.51. The normalized spacial score (nSPS) is 24.9. The highest BCUT2D eigenvalue weighted by atomic mass is 32.2. The minimum Gasteiger partial charge on any atom is -0.300 e. The van der Waals surface area contributed by atoms with E-state index in [1.807, 2.05) is 0 Å². The second-order valence-electron chi connectivity index (χ2n) is 4.81. The summed E-state index contributed by atoms with van der Waals surface area (Å²) in [6.45, 7) is 5.75. The van der Waals surface area contributed by atoms with Gasteiger partial charge in [-0.25, -0.2) is 0 Å². The van der Waals surface area contributed by atoms with Crippen molar-refractivity contribution in [3.05, 3.63) is 0 Å². The van der Waals surface area contributed by atoms with E-state index in [0.29, 0.717) is 12.1 Å². The van der Waals surface area contributed by atoms with Gasteiger partial charge in [-0.2, -0.15) is 11.8 Å². The molecule has 0 aliphatic carbocycles. The molecule has 0 saturated carbocycles. The van der Waals surface area contributed by atoms with Crippen LogP contribution in [0.3, 0.4) is 0 Å². The van der Waals surface area contributed by atoms with Crippen LogP contribution in [0.1, 0.15) is 33.1 Å². The van der Waals surface area contributed by atoms with Crippen molar-refractivity contribution in [2.45, 2.75) is 45.2 Å². The zero-order valence-electron chi connectivity index (χ0n) is 10.9. The maximum absolute atomic E-state index is 5.74. The number of nitrogens with one attached hydrogen (secondary N) is 1. The highest BCUT2D eigenvalue weighted by Gasteiger charge is 2.28. The molecule has 96 valence electrons. The van der Waals surface area contributed by atoms with E-state index >= 15 is 0 Å². The minimum atomic E-state index is 0.447. The molecule has 0 aromatic heterocycles. The van der Waals surface area contributed by atoms with Crippen LogP contribution in [0.15, 0.2) is 0 Å². The van der Waals surface area contributed by atoms with Crippen molar-refractivity contribution in [1.82, 2.24) is 10.3 Å². The zero-order valence-corrected chi connectivity index (χ0v) is 11.7. The molecule has 1 saturated heterocycles. The molecule has 1 aliphatic rings. The average molecular weight is 245 g/mol. The lowest BCUT2D eigenvalue weighted by Gasteiger charge is -2.38. The van der Waals surface area contributed by atoms with Crippen molar-refractivity contribution in [1.29, 1.82) is 0 Å². The summed E-state index contributed by atoms with van der Waals surface area (Å²) in [7, 11) is 2.22. The number of nitrogens with two attached hydrogens (primary N) is 1. The summed E-state index contributed by atoms with van der Waals surface area (Å²) in [6.07, 6.45) is 3.73. The topological polar surface area (TPSA) is 41.3 Å². The first-order chi connectivity index (χ1) is 7.72. The van der Waals surface area contributed by atoms with Gasteiger partial charge >= 0.3 is 0 Å². The third-order valence-electron chi connectivity index (χ3n) is 3.86. The van der Waals surface area contributed by atoms with Crippen LogP contribution >= 0.6 is 11.8 Å². The number of hydrazine groups is 1. The van der Waals surface area contributed by atoms with Crippen molar-refractivity contribution in [2.75, 3.05) is 25.1 Å². The fraction of sp³-hybridized carbons (Fsp3) is 1.00. The largest absolute Gasteiger partial charge is 0.300 e. The van der Waals surface area contributed by atoms with Crippen molar-refractivity contribution in [3.63, 3.8) is 0 Å². The Morgan fingerprint density at radius 3 is 2.62 bits per heavy atom. The Bertz CT molecular complexity index is 185. The number of hydrogen-bond donors (Lipinski definition) is 2. The predicted octanol–water partition coefficient (Wildman–Crippen LogP) is 1.69. The number of nitrogens with zero attached hydrogens (tertiary/aromatic N) is 1. The van der Waals surface area contributed by atoms with Crippen molar-refractivity contribution in [3.8, 4) is 0 Å². The number of rotatable bonds is 6. The maximum Gasteiger partial charge on any atom is 0.0376 e. The van der Waals surface area contributed by atoms with Crippen molar-refractivity contribution < 1.29 is 0 Å². The quantitative estimate of drug-likeness (QED) is 0.552. The molecule has 16 heavy (non-hydrogen) atoms. The first kappa shape index (κ1) is 14.3. The lowest BCUT2D eigenvalue weighted by atomic mass is 9.91. The van der Waals surface area contributed by atoms with E-state index in [2.05, 4.69) is 43.0 Å².